The topological polar surface area (TPSA) is 79.5 Å². The average molecular weight is 464 g/mol. The lowest BCUT2D eigenvalue weighted by Gasteiger charge is -2.11. The fraction of sp³-hybridized carbons (Fsp3) is 0.300. The molecule has 1 amide bonds. The zero-order chi connectivity index (χ0) is 17.5. The van der Waals surface area contributed by atoms with E-state index in [2.05, 4.69) is 15.6 Å². The fourth-order valence-corrected chi connectivity index (χ4v) is 3.07. The number of rotatable bonds is 5. The van der Waals surface area contributed by atoms with Crippen molar-refractivity contribution in [3.63, 3.8) is 0 Å². The summed E-state index contributed by atoms with van der Waals surface area (Å²) in [4.78, 5) is 16.6. The predicted octanol–water partition coefficient (Wildman–Crippen LogP) is 4.36. The van der Waals surface area contributed by atoms with E-state index in [1.54, 1.807) is 0 Å². The summed E-state index contributed by atoms with van der Waals surface area (Å²) < 4.78 is 0. The molecule has 138 valence electrons. The van der Waals surface area contributed by atoms with Crippen LogP contribution in [-0.4, -0.2) is 11.9 Å². The number of guanidine groups is 1. The number of carbonyl (C=O) groups is 1. The Bertz CT molecular complexity index is 742. The van der Waals surface area contributed by atoms with Crippen LogP contribution < -0.4 is 16.4 Å². The van der Waals surface area contributed by atoms with Gasteiger partial charge < -0.3 is 16.4 Å². The molecule has 0 heterocycles. The van der Waals surface area contributed by atoms with E-state index in [0.29, 0.717) is 12.5 Å². The van der Waals surface area contributed by atoms with Gasteiger partial charge in [-0.1, -0.05) is 43.2 Å². The van der Waals surface area contributed by atoms with Gasteiger partial charge in [0.15, 0.2) is 5.96 Å². The van der Waals surface area contributed by atoms with Gasteiger partial charge in [-0.15, -0.1) is 24.0 Å². The van der Waals surface area contributed by atoms with E-state index in [-0.39, 0.29) is 35.8 Å². The standard InChI is InChI=1S/C20H24N4O.HI/c21-20(24-17-10-2-1-3-11-17)22-14-15-7-6-12-18(13-15)23-19(25)16-8-4-5-9-16;/h1-3,6-7,10-13,16H,4-5,8-9,14H2,(H,23,25)(H3,21,22,24);1H. The molecule has 1 saturated carbocycles. The first-order valence-electron chi connectivity index (χ1n) is 8.72. The molecule has 0 unspecified atom stereocenters. The second kappa shape index (κ2) is 10.2. The van der Waals surface area contributed by atoms with Crippen LogP contribution in [0.25, 0.3) is 0 Å². The number of para-hydroxylation sites is 1. The van der Waals surface area contributed by atoms with E-state index in [1.165, 1.54) is 0 Å². The van der Waals surface area contributed by atoms with Crippen LogP contribution in [0.4, 0.5) is 11.4 Å². The molecule has 5 nitrogen and oxygen atoms in total. The van der Waals surface area contributed by atoms with Crippen LogP contribution in [0.2, 0.25) is 0 Å². The predicted molar refractivity (Wildman–Crippen MR) is 118 cm³/mol. The van der Waals surface area contributed by atoms with Crippen molar-refractivity contribution in [3.05, 3.63) is 60.2 Å². The molecule has 0 aliphatic heterocycles. The lowest BCUT2D eigenvalue weighted by atomic mass is 10.1. The molecule has 0 atom stereocenters. The molecule has 26 heavy (non-hydrogen) atoms. The molecular weight excluding hydrogens is 439 g/mol. The highest BCUT2D eigenvalue weighted by Gasteiger charge is 2.22. The lowest BCUT2D eigenvalue weighted by molar-refractivity contribution is -0.119. The number of halogens is 1. The van der Waals surface area contributed by atoms with Gasteiger partial charge in [-0.05, 0) is 42.7 Å². The Balaban J connectivity index is 0.00000243. The van der Waals surface area contributed by atoms with Crippen LogP contribution >= 0.6 is 24.0 Å². The van der Waals surface area contributed by atoms with Gasteiger partial charge in [-0.2, -0.15) is 0 Å². The van der Waals surface area contributed by atoms with E-state index in [0.717, 1.165) is 42.6 Å². The van der Waals surface area contributed by atoms with Crippen molar-refractivity contribution in [2.75, 3.05) is 10.6 Å². The Kier molecular flexibility index (Phi) is 7.90. The van der Waals surface area contributed by atoms with E-state index in [4.69, 9.17) is 5.73 Å². The average Bonchev–Trinajstić information content (AvgIpc) is 3.16. The molecule has 1 aliphatic rings. The van der Waals surface area contributed by atoms with Crippen molar-refractivity contribution >= 4 is 47.2 Å². The second-order valence-corrected chi connectivity index (χ2v) is 6.36. The number of hydrogen-bond donors (Lipinski definition) is 3. The zero-order valence-corrected chi connectivity index (χ0v) is 17.0. The maximum Gasteiger partial charge on any atom is 0.227 e. The van der Waals surface area contributed by atoms with Crippen LogP contribution in [0.5, 0.6) is 0 Å². The smallest absolute Gasteiger partial charge is 0.227 e. The molecule has 1 aliphatic carbocycles. The van der Waals surface area contributed by atoms with Gasteiger partial charge in [-0.25, -0.2) is 4.99 Å². The Morgan fingerprint density at radius 1 is 1.00 bits per heavy atom. The van der Waals surface area contributed by atoms with Crippen LogP contribution in [-0.2, 0) is 11.3 Å². The molecule has 1 fully saturated rings. The lowest BCUT2D eigenvalue weighted by Crippen LogP contribution is -2.22. The molecular formula is C20H25IN4O. The highest BCUT2D eigenvalue weighted by atomic mass is 127. The summed E-state index contributed by atoms with van der Waals surface area (Å²) in [7, 11) is 0. The molecule has 2 aromatic rings. The summed E-state index contributed by atoms with van der Waals surface area (Å²) in [6.45, 7) is 0.457. The quantitative estimate of drug-likeness (QED) is 0.350. The number of aliphatic imine (C=N–C) groups is 1. The number of amides is 1. The summed E-state index contributed by atoms with van der Waals surface area (Å²) in [6, 6.07) is 17.4. The molecule has 0 aromatic heterocycles. The van der Waals surface area contributed by atoms with Gasteiger partial charge >= 0.3 is 0 Å². The number of carbonyl (C=O) groups excluding carboxylic acids is 1. The van der Waals surface area contributed by atoms with Gasteiger partial charge in [0, 0.05) is 17.3 Å². The second-order valence-electron chi connectivity index (χ2n) is 6.36. The maximum atomic E-state index is 12.2. The minimum Gasteiger partial charge on any atom is -0.370 e. The Hall–Kier alpha value is -2.09. The molecule has 2 aromatic carbocycles. The number of benzene rings is 2. The number of anilines is 2. The van der Waals surface area contributed by atoms with Crippen LogP contribution in [0.3, 0.4) is 0 Å². The minimum absolute atomic E-state index is 0. The molecule has 6 heteroatoms. The number of nitrogens with two attached hydrogens (primary N) is 1. The SMILES string of the molecule is I.NC(=NCc1cccc(NC(=O)C2CCCC2)c1)Nc1ccccc1. The number of nitrogens with one attached hydrogen (secondary N) is 2. The fourth-order valence-electron chi connectivity index (χ4n) is 3.07. The van der Waals surface area contributed by atoms with Crippen molar-refractivity contribution in [1.82, 2.24) is 0 Å². The third-order valence-corrected chi connectivity index (χ3v) is 4.40. The molecule has 0 radical (unpaired) electrons. The highest BCUT2D eigenvalue weighted by molar-refractivity contribution is 14.0. The first-order valence-corrected chi connectivity index (χ1v) is 8.72. The summed E-state index contributed by atoms with van der Waals surface area (Å²) in [5.74, 6) is 0.655. The van der Waals surface area contributed by atoms with E-state index >= 15 is 0 Å². The van der Waals surface area contributed by atoms with Gasteiger partial charge in [0.05, 0.1) is 6.54 Å². The van der Waals surface area contributed by atoms with Crippen molar-refractivity contribution in [2.45, 2.75) is 32.2 Å². The summed E-state index contributed by atoms with van der Waals surface area (Å²) >= 11 is 0. The van der Waals surface area contributed by atoms with Crippen molar-refractivity contribution < 1.29 is 4.79 Å². The van der Waals surface area contributed by atoms with Gasteiger partial charge in [-0.3, -0.25) is 4.79 Å². The monoisotopic (exact) mass is 464 g/mol. The van der Waals surface area contributed by atoms with Gasteiger partial charge in [0.25, 0.3) is 0 Å². The summed E-state index contributed by atoms with van der Waals surface area (Å²) in [6.07, 6.45) is 4.30. The zero-order valence-electron chi connectivity index (χ0n) is 14.7. The first kappa shape index (κ1) is 20.2. The van der Waals surface area contributed by atoms with E-state index in [1.807, 2.05) is 54.6 Å². The van der Waals surface area contributed by atoms with E-state index < -0.39 is 0 Å². The molecule has 4 N–H and O–H groups in total. The largest absolute Gasteiger partial charge is 0.370 e. The Labute approximate surface area is 171 Å². The molecule has 0 bridgehead atoms. The summed E-state index contributed by atoms with van der Waals surface area (Å²) in [5, 5.41) is 6.07. The maximum absolute atomic E-state index is 12.2. The third kappa shape index (κ3) is 6.01. The highest BCUT2D eigenvalue weighted by Crippen LogP contribution is 2.26. The van der Waals surface area contributed by atoms with Gasteiger partial charge in [0.1, 0.15) is 0 Å². The van der Waals surface area contributed by atoms with Crippen molar-refractivity contribution in [3.8, 4) is 0 Å². The molecule has 3 rings (SSSR count). The normalized spacial score (nSPS) is 14.5. The summed E-state index contributed by atoms with van der Waals surface area (Å²) in [5.41, 5.74) is 8.65. The van der Waals surface area contributed by atoms with Crippen LogP contribution in [0, 0.1) is 5.92 Å². The number of hydrogen-bond acceptors (Lipinski definition) is 2. The van der Waals surface area contributed by atoms with E-state index in [9.17, 15) is 4.79 Å². The van der Waals surface area contributed by atoms with Crippen molar-refractivity contribution in [1.29, 1.82) is 0 Å². The molecule has 0 saturated heterocycles. The first-order chi connectivity index (χ1) is 12.2. The molecule has 0 spiro atoms. The Morgan fingerprint density at radius 2 is 1.69 bits per heavy atom. The number of nitrogens with zero attached hydrogens (tertiary/aromatic N) is 1. The minimum atomic E-state index is 0. The van der Waals surface area contributed by atoms with Crippen LogP contribution in [0.1, 0.15) is 31.2 Å². The van der Waals surface area contributed by atoms with Gasteiger partial charge in [0.2, 0.25) is 5.91 Å². The van der Waals surface area contributed by atoms with Crippen molar-refractivity contribution in [2.24, 2.45) is 16.6 Å². The third-order valence-electron chi connectivity index (χ3n) is 4.40. The van der Waals surface area contributed by atoms with Crippen LogP contribution in [0.15, 0.2) is 59.6 Å². The Morgan fingerprint density at radius 3 is 2.42 bits per heavy atom.